The normalized spacial score (nSPS) is 10.4. The summed E-state index contributed by atoms with van der Waals surface area (Å²) in [7, 11) is 1.31. The lowest BCUT2D eigenvalue weighted by Gasteiger charge is -2.15. The fourth-order valence-electron chi connectivity index (χ4n) is 3.50. The summed E-state index contributed by atoms with van der Waals surface area (Å²) in [6.07, 6.45) is 1.35. The van der Waals surface area contributed by atoms with Crippen molar-refractivity contribution < 1.29 is 29.0 Å². The first-order valence-corrected chi connectivity index (χ1v) is 10.9. The zero-order chi connectivity index (χ0) is 24.7. The lowest BCUT2D eigenvalue weighted by Crippen LogP contribution is -2.12. The van der Waals surface area contributed by atoms with Crippen molar-refractivity contribution in [2.45, 2.75) is 33.3 Å². The second kappa shape index (κ2) is 11.1. The number of amides is 1. The fraction of sp³-hybridized carbons (Fsp3) is 0.222. The van der Waals surface area contributed by atoms with Crippen LogP contribution in [0.2, 0.25) is 0 Å². The van der Waals surface area contributed by atoms with E-state index in [4.69, 9.17) is 4.74 Å². The average molecular weight is 462 g/mol. The third kappa shape index (κ3) is 5.81. The zero-order valence-electron chi connectivity index (χ0n) is 19.4. The summed E-state index contributed by atoms with van der Waals surface area (Å²) >= 11 is 0. The molecule has 7 heteroatoms. The molecule has 3 rings (SSSR count). The van der Waals surface area contributed by atoms with Crippen LogP contribution in [0.25, 0.3) is 0 Å². The van der Waals surface area contributed by atoms with Crippen LogP contribution in [0.1, 0.15) is 62.5 Å². The molecule has 0 aliphatic heterocycles. The minimum atomic E-state index is -0.447. The Labute approximate surface area is 198 Å². The van der Waals surface area contributed by atoms with Crippen molar-refractivity contribution >= 4 is 23.3 Å². The van der Waals surface area contributed by atoms with E-state index in [1.807, 2.05) is 13.0 Å². The van der Waals surface area contributed by atoms with Crippen LogP contribution in [0.5, 0.6) is 11.5 Å². The molecule has 0 bridgehead atoms. The first-order chi connectivity index (χ1) is 16.3. The molecule has 2 N–H and O–H groups in total. The number of carbonyl (C=O) groups excluding carboxylic acids is 3. The largest absolute Gasteiger partial charge is 0.507 e. The Balaban J connectivity index is 1.71. The van der Waals surface area contributed by atoms with Crippen molar-refractivity contribution in [3.05, 3.63) is 88.5 Å². The Kier molecular flexibility index (Phi) is 8.03. The van der Waals surface area contributed by atoms with Crippen molar-refractivity contribution in [3.8, 4) is 11.5 Å². The number of esters is 1. The molecule has 0 aliphatic carbocycles. The molecule has 0 saturated carbocycles. The van der Waals surface area contributed by atoms with Gasteiger partial charge in [0.05, 0.1) is 18.2 Å². The number of rotatable bonds is 9. The number of aromatic hydroxyl groups is 1. The Hall–Kier alpha value is -4.13. The summed E-state index contributed by atoms with van der Waals surface area (Å²) in [4.78, 5) is 36.0. The van der Waals surface area contributed by atoms with E-state index in [9.17, 15) is 19.5 Å². The maximum Gasteiger partial charge on any atom is 0.337 e. The highest BCUT2D eigenvalue weighted by Gasteiger charge is 2.16. The van der Waals surface area contributed by atoms with Crippen molar-refractivity contribution in [3.63, 3.8) is 0 Å². The van der Waals surface area contributed by atoms with Gasteiger partial charge in [-0.15, -0.1) is 0 Å². The predicted molar refractivity (Wildman–Crippen MR) is 129 cm³/mol. The summed E-state index contributed by atoms with van der Waals surface area (Å²) in [5.41, 5.74) is 3.02. The molecule has 0 saturated heterocycles. The maximum absolute atomic E-state index is 12.7. The van der Waals surface area contributed by atoms with Crippen LogP contribution in [0.4, 0.5) is 5.69 Å². The number of anilines is 1. The predicted octanol–water partition coefficient (Wildman–Crippen LogP) is 5.17. The first-order valence-electron chi connectivity index (χ1n) is 10.9. The van der Waals surface area contributed by atoms with Gasteiger partial charge in [-0.2, -0.15) is 0 Å². The SMILES string of the molecule is CCCc1c(OCc2cccc(C(=O)Nc3ccc(C(=O)OC)cc3)c2)ccc(C(C)=O)c1O. The maximum atomic E-state index is 12.7. The van der Waals surface area contributed by atoms with E-state index in [1.165, 1.54) is 14.0 Å². The number of benzene rings is 3. The highest BCUT2D eigenvalue weighted by molar-refractivity contribution is 6.04. The molecule has 0 heterocycles. The number of methoxy groups -OCH3 is 1. The summed E-state index contributed by atoms with van der Waals surface area (Å²) in [5.74, 6) is -0.497. The highest BCUT2D eigenvalue weighted by Crippen LogP contribution is 2.33. The minimum absolute atomic E-state index is 0.0433. The molecular formula is C27H27NO6. The van der Waals surface area contributed by atoms with Gasteiger partial charge in [-0.25, -0.2) is 4.79 Å². The number of Topliss-reactive ketones (excluding diaryl/α,β-unsaturated/α-hetero) is 1. The van der Waals surface area contributed by atoms with Gasteiger partial charge in [-0.1, -0.05) is 25.5 Å². The highest BCUT2D eigenvalue weighted by atomic mass is 16.5. The first kappa shape index (κ1) is 24.5. The monoisotopic (exact) mass is 461 g/mol. The van der Waals surface area contributed by atoms with Gasteiger partial charge in [-0.05, 0) is 67.4 Å². The Morgan fingerprint density at radius 3 is 2.35 bits per heavy atom. The van der Waals surface area contributed by atoms with Gasteiger partial charge in [0.15, 0.2) is 5.78 Å². The molecule has 0 unspecified atom stereocenters. The zero-order valence-corrected chi connectivity index (χ0v) is 19.4. The van der Waals surface area contributed by atoms with Crippen LogP contribution in [0, 0.1) is 0 Å². The summed E-state index contributed by atoms with van der Waals surface area (Å²) in [5, 5.41) is 13.3. The van der Waals surface area contributed by atoms with Gasteiger partial charge in [0, 0.05) is 16.8 Å². The molecule has 0 spiro atoms. The average Bonchev–Trinajstić information content (AvgIpc) is 2.84. The van der Waals surface area contributed by atoms with Gasteiger partial charge >= 0.3 is 5.97 Å². The van der Waals surface area contributed by atoms with E-state index in [0.29, 0.717) is 34.5 Å². The van der Waals surface area contributed by atoms with Crippen LogP contribution < -0.4 is 10.1 Å². The molecule has 1 amide bonds. The number of ether oxygens (including phenoxy) is 2. The van der Waals surface area contributed by atoms with E-state index in [2.05, 4.69) is 10.1 Å². The summed E-state index contributed by atoms with van der Waals surface area (Å²) in [6, 6.07) is 16.7. The molecule has 0 atom stereocenters. The lowest BCUT2D eigenvalue weighted by molar-refractivity contribution is 0.0600. The molecule has 34 heavy (non-hydrogen) atoms. The second-order valence-corrected chi connectivity index (χ2v) is 7.76. The number of carbonyl (C=O) groups is 3. The molecular weight excluding hydrogens is 434 g/mol. The van der Waals surface area contributed by atoms with Crippen molar-refractivity contribution in [1.29, 1.82) is 0 Å². The standard InChI is InChI=1S/C27H27NO6/c1-4-6-23-24(14-13-22(17(2)29)25(23)30)34-16-18-7-5-8-20(15-18)26(31)28-21-11-9-19(10-12-21)27(32)33-3/h5,7-15,30H,4,6,16H2,1-3H3,(H,28,31). The summed E-state index contributed by atoms with van der Waals surface area (Å²) in [6.45, 7) is 3.58. The molecule has 0 radical (unpaired) electrons. The van der Waals surface area contributed by atoms with Crippen LogP contribution in [0.15, 0.2) is 60.7 Å². The van der Waals surface area contributed by atoms with Crippen molar-refractivity contribution in [1.82, 2.24) is 0 Å². The second-order valence-electron chi connectivity index (χ2n) is 7.76. The van der Waals surface area contributed by atoms with Crippen LogP contribution in [-0.4, -0.2) is 29.9 Å². The fourth-order valence-corrected chi connectivity index (χ4v) is 3.50. The Bertz CT molecular complexity index is 1200. The number of hydrogen-bond donors (Lipinski definition) is 2. The van der Waals surface area contributed by atoms with Gasteiger partial charge < -0.3 is 19.9 Å². The molecule has 3 aromatic rings. The van der Waals surface area contributed by atoms with E-state index in [0.717, 1.165) is 12.0 Å². The van der Waals surface area contributed by atoms with Crippen LogP contribution >= 0.6 is 0 Å². The van der Waals surface area contributed by atoms with Crippen molar-refractivity contribution in [2.75, 3.05) is 12.4 Å². The minimum Gasteiger partial charge on any atom is -0.507 e. The quantitative estimate of drug-likeness (QED) is 0.337. The number of nitrogens with one attached hydrogen (secondary N) is 1. The molecule has 176 valence electrons. The van der Waals surface area contributed by atoms with E-state index in [-0.39, 0.29) is 29.6 Å². The van der Waals surface area contributed by atoms with E-state index in [1.54, 1.807) is 54.6 Å². The number of ketones is 1. The molecule has 0 aliphatic rings. The Morgan fingerprint density at radius 1 is 0.971 bits per heavy atom. The third-order valence-corrected chi connectivity index (χ3v) is 5.27. The van der Waals surface area contributed by atoms with E-state index < -0.39 is 5.97 Å². The van der Waals surface area contributed by atoms with E-state index >= 15 is 0 Å². The molecule has 7 nitrogen and oxygen atoms in total. The Morgan fingerprint density at radius 2 is 1.71 bits per heavy atom. The van der Waals surface area contributed by atoms with Gasteiger partial charge in [0.2, 0.25) is 0 Å². The van der Waals surface area contributed by atoms with Gasteiger partial charge in [-0.3, -0.25) is 9.59 Å². The number of phenols is 1. The van der Waals surface area contributed by atoms with Crippen LogP contribution in [0.3, 0.4) is 0 Å². The topological polar surface area (TPSA) is 102 Å². The third-order valence-electron chi connectivity index (χ3n) is 5.27. The molecule has 0 aromatic heterocycles. The molecule has 3 aromatic carbocycles. The number of hydrogen-bond acceptors (Lipinski definition) is 6. The molecule has 0 fully saturated rings. The van der Waals surface area contributed by atoms with Crippen LogP contribution in [-0.2, 0) is 17.8 Å². The lowest BCUT2D eigenvalue weighted by atomic mass is 10.0. The van der Waals surface area contributed by atoms with Gasteiger partial charge in [0.25, 0.3) is 5.91 Å². The van der Waals surface area contributed by atoms with Gasteiger partial charge in [0.1, 0.15) is 18.1 Å². The van der Waals surface area contributed by atoms with Crippen molar-refractivity contribution in [2.24, 2.45) is 0 Å². The summed E-state index contributed by atoms with van der Waals surface area (Å²) < 4.78 is 10.6. The smallest absolute Gasteiger partial charge is 0.337 e. The number of phenolic OH excluding ortho intramolecular Hbond substituents is 1.